The number of aldehydes is 1. The molecular formula is C7H9N2OSSn. The van der Waals surface area contributed by atoms with Gasteiger partial charge in [-0.05, 0) is 0 Å². The fraction of sp³-hybridized carbons (Fsp3) is 0.286. The standard InChI is InChI=1S/C5H3N2OS.C2H6.Sn/c8-3-4-1-2-6-5(9)7-4;1-2;/h1,3H,(H,6,7,9);1-2H3;. The summed E-state index contributed by atoms with van der Waals surface area (Å²) in [6.07, 6.45) is 0.692. The molecule has 1 N–H and O–H groups in total. The molecule has 0 atom stereocenters. The van der Waals surface area contributed by atoms with E-state index in [4.69, 9.17) is 12.2 Å². The molecule has 0 saturated carbocycles. The van der Waals surface area contributed by atoms with Gasteiger partial charge in [-0.15, -0.1) is 0 Å². The summed E-state index contributed by atoms with van der Waals surface area (Å²) in [7, 11) is 0. The Kier molecular flexibility index (Phi) is 6.18. The fourth-order valence-electron chi connectivity index (χ4n) is 0.537. The Hall–Kier alpha value is -0.231. The number of carbonyl (C=O) groups is 1. The maximum absolute atomic E-state index is 10.2. The van der Waals surface area contributed by atoms with Crippen LogP contribution in [0.15, 0.2) is 6.07 Å². The zero-order valence-corrected chi connectivity index (χ0v) is 10.6. The number of hydrogen-bond acceptors (Lipinski definition) is 3. The summed E-state index contributed by atoms with van der Waals surface area (Å²) < 4.78 is 1.31. The van der Waals surface area contributed by atoms with Gasteiger partial charge in [-0.1, -0.05) is 13.8 Å². The molecule has 3 radical (unpaired) electrons. The van der Waals surface area contributed by atoms with E-state index in [2.05, 4.69) is 9.97 Å². The summed E-state index contributed by atoms with van der Waals surface area (Å²) in [5, 5.41) is 0. The molecule has 63 valence electrons. The van der Waals surface area contributed by atoms with Crippen molar-refractivity contribution in [3.8, 4) is 0 Å². The second-order valence-electron chi connectivity index (χ2n) is 1.64. The van der Waals surface area contributed by atoms with Crippen LogP contribution in [0.4, 0.5) is 0 Å². The second-order valence-corrected chi connectivity index (χ2v) is 3.57. The van der Waals surface area contributed by atoms with Crippen molar-refractivity contribution in [1.82, 2.24) is 9.97 Å². The van der Waals surface area contributed by atoms with Crippen molar-refractivity contribution in [2.75, 3.05) is 0 Å². The van der Waals surface area contributed by atoms with Gasteiger partial charge in [0.1, 0.15) is 0 Å². The van der Waals surface area contributed by atoms with E-state index in [0.717, 1.165) is 3.71 Å². The molecule has 0 aliphatic rings. The first-order valence-electron chi connectivity index (χ1n) is 3.50. The average molecular weight is 288 g/mol. The third-order valence-electron chi connectivity index (χ3n) is 0.885. The molecule has 0 aliphatic carbocycles. The first-order valence-corrected chi connectivity index (χ1v) is 5.34. The summed E-state index contributed by atoms with van der Waals surface area (Å²) in [5.41, 5.74) is 0.399. The summed E-state index contributed by atoms with van der Waals surface area (Å²) in [6.45, 7) is 4.00. The van der Waals surface area contributed by atoms with Crippen molar-refractivity contribution >= 4 is 44.7 Å². The number of nitrogens with one attached hydrogen (secondary N) is 1. The second kappa shape index (κ2) is 6.30. The van der Waals surface area contributed by atoms with Crippen LogP contribution in [0, 0.1) is 4.77 Å². The van der Waals surface area contributed by atoms with Gasteiger partial charge in [0.15, 0.2) is 0 Å². The van der Waals surface area contributed by atoms with Crippen molar-refractivity contribution in [1.29, 1.82) is 0 Å². The van der Waals surface area contributed by atoms with Crippen LogP contribution in [0.1, 0.15) is 24.3 Å². The maximum atomic E-state index is 10.2. The van der Waals surface area contributed by atoms with Crippen LogP contribution in [-0.4, -0.2) is 38.8 Å². The van der Waals surface area contributed by atoms with Gasteiger partial charge in [0.05, 0.1) is 0 Å². The van der Waals surface area contributed by atoms with E-state index in [1.807, 2.05) is 13.8 Å². The van der Waals surface area contributed by atoms with Crippen LogP contribution in [0.2, 0.25) is 0 Å². The zero-order valence-electron chi connectivity index (χ0n) is 6.92. The van der Waals surface area contributed by atoms with Crippen LogP contribution in [-0.2, 0) is 0 Å². The van der Waals surface area contributed by atoms with E-state index in [1.54, 1.807) is 6.07 Å². The van der Waals surface area contributed by atoms with E-state index in [9.17, 15) is 4.79 Å². The van der Waals surface area contributed by atoms with E-state index < -0.39 is 0 Å². The molecule has 0 bridgehead atoms. The number of aromatic amines is 1. The van der Waals surface area contributed by atoms with Crippen molar-refractivity contribution < 1.29 is 4.79 Å². The number of carbonyl (C=O) groups excluding carboxylic acids is 1. The summed E-state index contributed by atoms with van der Waals surface area (Å²) >= 11 is 5.94. The zero-order chi connectivity index (χ0) is 9.56. The molecule has 0 unspecified atom stereocenters. The minimum atomic E-state index is 0.372. The third-order valence-corrected chi connectivity index (χ3v) is 1.85. The predicted molar refractivity (Wildman–Crippen MR) is 51.5 cm³/mol. The van der Waals surface area contributed by atoms with E-state index >= 15 is 0 Å². The molecule has 0 amide bonds. The quantitative estimate of drug-likeness (QED) is 0.472. The van der Waals surface area contributed by atoms with Crippen molar-refractivity contribution in [3.05, 3.63) is 16.5 Å². The van der Waals surface area contributed by atoms with E-state index in [1.165, 1.54) is 22.5 Å². The molecule has 5 heteroatoms. The molecule has 3 nitrogen and oxygen atoms in total. The molecule has 1 heterocycles. The molecule has 0 spiro atoms. The van der Waals surface area contributed by atoms with Gasteiger partial charge in [0.2, 0.25) is 0 Å². The van der Waals surface area contributed by atoms with Crippen molar-refractivity contribution in [2.45, 2.75) is 13.8 Å². The minimum absolute atomic E-state index is 0.372. The summed E-state index contributed by atoms with van der Waals surface area (Å²) in [6, 6.07) is 1.68. The summed E-state index contributed by atoms with van der Waals surface area (Å²) in [5.74, 6) is 0. The summed E-state index contributed by atoms with van der Waals surface area (Å²) in [4.78, 5) is 16.8. The van der Waals surface area contributed by atoms with Gasteiger partial charge < -0.3 is 0 Å². The van der Waals surface area contributed by atoms with Gasteiger partial charge in [-0.3, -0.25) is 0 Å². The predicted octanol–water partition coefficient (Wildman–Crippen LogP) is 0.772. The average Bonchev–Trinajstić information content (AvgIpc) is 2.06. The molecule has 1 rings (SSSR count). The van der Waals surface area contributed by atoms with Gasteiger partial charge in [0.25, 0.3) is 0 Å². The topological polar surface area (TPSA) is 45.8 Å². The Morgan fingerprint density at radius 1 is 1.67 bits per heavy atom. The molecule has 0 aliphatic heterocycles. The first kappa shape index (κ1) is 11.8. The Labute approximate surface area is 89.7 Å². The number of aromatic nitrogens is 2. The van der Waals surface area contributed by atoms with Gasteiger partial charge in [-0.2, -0.15) is 0 Å². The fourth-order valence-corrected chi connectivity index (χ4v) is 1.77. The molecule has 1 aromatic rings. The van der Waals surface area contributed by atoms with Gasteiger partial charge in [-0.25, -0.2) is 0 Å². The SMILES string of the molecule is CC.O=Cc1c[c]([Sn])[nH]c(=S)n1. The van der Waals surface area contributed by atoms with Gasteiger partial charge >= 0.3 is 76.0 Å². The van der Waals surface area contributed by atoms with Crippen LogP contribution >= 0.6 is 12.2 Å². The Morgan fingerprint density at radius 2 is 2.25 bits per heavy atom. The van der Waals surface area contributed by atoms with Crippen LogP contribution in [0.5, 0.6) is 0 Å². The molecular weight excluding hydrogens is 279 g/mol. The monoisotopic (exact) mass is 289 g/mol. The number of hydrogen-bond donors (Lipinski definition) is 1. The Morgan fingerprint density at radius 3 is 2.67 bits per heavy atom. The van der Waals surface area contributed by atoms with Crippen molar-refractivity contribution in [3.63, 3.8) is 0 Å². The molecule has 0 saturated heterocycles. The van der Waals surface area contributed by atoms with E-state index in [-0.39, 0.29) is 0 Å². The molecule has 1 aromatic heterocycles. The third kappa shape index (κ3) is 3.96. The van der Waals surface area contributed by atoms with Crippen LogP contribution < -0.4 is 3.71 Å². The molecule has 0 aromatic carbocycles. The number of nitrogens with zero attached hydrogens (tertiary/aromatic N) is 1. The Bertz CT molecular complexity index is 311. The molecule has 12 heavy (non-hydrogen) atoms. The normalized spacial score (nSPS) is 8.25. The van der Waals surface area contributed by atoms with Crippen molar-refractivity contribution in [2.24, 2.45) is 0 Å². The first-order chi connectivity index (χ1) is 5.72. The van der Waals surface area contributed by atoms with Gasteiger partial charge in [0, 0.05) is 0 Å². The number of H-pyrrole nitrogens is 1. The number of rotatable bonds is 1. The Balaban J connectivity index is 0.000000561. The van der Waals surface area contributed by atoms with Crippen LogP contribution in [0.25, 0.3) is 0 Å². The molecule has 0 fully saturated rings. The van der Waals surface area contributed by atoms with Crippen LogP contribution in [0.3, 0.4) is 0 Å². The van der Waals surface area contributed by atoms with E-state index in [0.29, 0.717) is 16.8 Å².